The summed E-state index contributed by atoms with van der Waals surface area (Å²) in [5.74, 6) is 0. The third-order valence-corrected chi connectivity index (χ3v) is 4.21. The molecule has 0 spiro atoms. The Morgan fingerprint density at radius 2 is 2.44 bits per heavy atom. The average molecular weight is 254 g/mol. The number of rotatable bonds is 4. The standard InChI is InChI=1S/C12H18N2S2/c13-12(15)11-3-1-2-6-14(11)7-4-10-5-8-16-9-10/h5,8-9,11H,1-4,6-7H2,(H2,13,15). The summed E-state index contributed by atoms with van der Waals surface area (Å²) in [6, 6.07) is 2.53. The van der Waals surface area contributed by atoms with E-state index in [0.717, 1.165) is 25.9 Å². The van der Waals surface area contributed by atoms with Gasteiger partial charge in [0.05, 0.1) is 11.0 Å². The van der Waals surface area contributed by atoms with E-state index in [0.29, 0.717) is 11.0 Å². The number of hydrogen-bond acceptors (Lipinski definition) is 3. The second-order valence-electron chi connectivity index (χ2n) is 4.33. The van der Waals surface area contributed by atoms with Gasteiger partial charge in [-0.2, -0.15) is 11.3 Å². The zero-order valence-electron chi connectivity index (χ0n) is 9.39. The van der Waals surface area contributed by atoms with Crippen LogP contribution in [0.3, 0.4) is 0 Å². The summed E-state index contributed by atoms with van der Waals surface area (Å²) < 4.78 is 0. The third-order valence-electron chi connectivity index (χ3n) is 3.21. The first-order valence-electron chi connectivity index (χ1n) is 5.82. The van der Waals surface area contributed by atoms with Crippen molar-refractivity contribution in [1.29, 1.82) is 0 Å². The molecule has 1 fully saturated rings. The zero-order valence-corrected chi connectivity index (χ0v) is 11.0. The van der Waals surface area contributed by atoms with Crippen LogP contribution >= 0.6 is 23.6 Å². The van der Waals surface area contributed by atoms with Crippen LogP contribution in [0, 0.1) is 0 Å². The van der Waals surface area contributed by atoms with Gasteiger partial charge in [-0.1, -0.05) is 18.6 Å². The molecule has 0 aliphatic carbocycles. The van der Waals surface area contributed by atoms with Crippen molar-refractivity contribution in [3.05, 3.63) is 22.4 Å². The Morgan fingerprint density at radius 1 is 1.56 bits per heavy atom. The number of nitrogens with zero attached hydrogens (tertiary/aromatic N) is 1. The van der Waals surface area contributed by atoms with Crippen LogP contribution in [-0.2, 0) is 6.42 Å². The fraction of sp³-hybridized carbons (Fsp3) is 0.583. The summed E-state index contributed by atoms with van der Waals surface area (Å²) in [6.07, 6.45) is 4.79. The maximum atomic E-state index is 5.80. The Labute approximate surface area is 106 Å². The van der Waals surface area contributed by atoms with Gasteiger partial charge in [0.15, 0.2) is 0 Å². The van der Waals surface area contributed by atoms with E-state index in [1.54, 1.807) is 11.3 Å². The van der Waals surface area contributed by atoms with Crippen LogP contribution in [0.25, 0.3) is 0 Å². The molecule has 0 amide bonds. The van der Waals surface area contributed by atoms with E-state index in [4.69, 9.17) is 18.0 Å². The van der Waals surface area contributed by atoms with Gasteiger partial charge in [-0.15, -0.1) is 0 Å². The van der Waals surface area contributed by atoms with Gasteiger partial charge in [-0.3, -0.25) is 4.90 Å². The van der Waals surface area contributed by atoms with Gasteiger partial charge in [0.1, 0.15) is 0 Å². The molecule has 1 aromatic heterocycles. The smallest absolute Gasteiger partial charge is 0.0902 e. The molecule has 2 N–H and O–H groups in total. The molecule has 16 heavy (non-hydrogen) atoms. The van der Waals surface area contributed by atoms with E-state index >= 15 is 0 Å². The summed E-state index contributed by atoms with van der Waals surface area (Å²) in [5, 5.41) is 4.36. The van der Waals surface area contributed by atoms with Crippen LogP contribution in [0.2, 0.25) is 0 Å². The first kappa shape index (κ1) is 12.0. The highest BCUT2D eigenvalue weighted by Crippen LogP contribution is 2.18. The molecule has 0 saturated carbocycles. The van der Waals surface area contributed by atoms with Gasteiger partial charge >= 0.3 is 0 Å². The van der Waals surface area contributed by atoms with Crippen LogP contribution in [0.5, 0.6) is 0 Å². The molecule has 88 valence electrons. The average Bonchev–Trinajstić information content (AvgIpc) is 2.79. The van der Waals surface area contributed by atoms with Crippen molar-refractivity contribution < 1.29 is 0 Å². The predicted octanol–water partition coefficient (Wildman–Crippen LogP) is 2.43. The normalized spacial score (nSPS) is 22.1. The Bertz CT molecular complexity index is 335. The number of nitrogens with two attached hydrogens (primary N) is 1. The van der Waals surface area contributed by atoms with Crippen molar-refractivity contribution in [1.82, 2.24) is 4.90 Å². The van der Waals surface area contributed by atoms with Crippen LogP contribution in [0.15, 0.2) is 16.8 Å². The van der Waals surface area contributed by atoms with Gasteiger partial charge in [-0.25, -0.2) is 0 Å². The molecule has 1 unspecified atom stereocenters. The maximum absolute atomic E-state index is 5.80. The minimum absolute atomic E-state index is 0.336. The molecular weight excluding hydrogens is 236 g/mol. The molecule has 1 saturated heterocycles. The summed E-state index contributed by atoms with van der Waals surface area (Å²) >= 11 is 6.91. The summed E-state index contributed by atoms with van der Waals surface area (Å²) in [6.45, 7) is 2.23. The third kappa shape index (κ3) is 3.03. The molecule has 1 aromatic rings. The number of likely N-dealkylation sites (tertiary alicyclic amines) is 1. The SMILES string of the molecule is NC(=S)C1CCCCN1CCc1ccsc1. The Morgan fingerprint density at radius 3 is 3.12 bits per heavy atom. The highest BCUT2D eigenvalue weighted by atomic mass is 32.1. The van der Waals surface area contributed by atoms with Crippen LogP contribution < -0.4 is 5.73 Å². The van der Waals surface area contributed by atoms with Gasteiger partial charge in [-0.05, 0) is 48.2 Å². The van der Waals surface area contributed by atoms with Crippen molar-refractivity contribution in [3.8, 4) is 0 Å². The Kier molecular flexibility index (Phi) is 4.32. The number of piperidine rings is 1. The van der Waals surface area contributed by atoms with Crippen molar-refractivity contribution in [2.45, 2.75) is 31.7 Å². The largest absolute Gasteiger partial charge is 0.392 e. The van der Waals surface area contributed by atoms with E-state index < -0.39 is 0 Å². The van der Waals surface area contributed by atoms with Crippen LogP contribution in [-0.4, -0.2) is 29.0 Å². The summed E-state index contributed by atoms with van der Waals surface area (Å²) in [4.78, 5) is 3.12. The minimum atomic E-state index is 0.336. The van der Waals surface area contributed by atoms with Crippen LogP contribution in [0.1, 0.15) is 24.8 Å². The molecule has 0 aromatic carbocycles. The lowest BCUT2D eigenvalue weighted by molar-refractivity contribution is 0.195. The molecular formula is C12H18N2S2. The molecule has 2 nitrogen and oxygen atoms in total. The molecule has 4 heteroatoms. The second-order valence-corrected chi connectivity index (χ2v) is 5.58. The van der Waals surface area contributed by atoms with E-state index in [-0.39, 0.29) is 0 Å². The Hall–Kier alpha value is -0.450. The lowest BCUT2D eigenvalue weighted by atomic mass is 10.0. The fourth-order valence-electron chi connectivity index (χ4n) is 2.29. The number of hydrogen-bond donors (Lipinski definition) is 1. The number of thiophene rings is 1. The molecule has 2 heterocycles. The minimum Gasteiger partial charge on any atom is -0.392 e. The van der Waals surface area contributed by atoms with Gasteiger partial charge in [0.2, 0.25) is 0 Å². The van der Waals surface area contributed by atoms with E-state index in [1.165, 1.54) is 18.4 Å². The van der Waals surface area contributed by atoms with Crippen molar-refractivity contribution >= 4 is 28.5 Å². The van der Waals surface area contributed by atoms with E-state index in [1.807, 2.05) is 0 Å². The van der Waals surface area contributed by atoms with Crippen molar-refractivity contribution in [2.75, 3.05) is 13.1 Å². The van der Waals surface area contributed by atoms with Crippen molar-refractivity contribution in [2.24, 2.45) is 5.73 Å². The summed E-state index contributed by atoms with van der Waals surface area (Å²) in [7, 11) is 0. The Balaban J connectivity index is 1.89. The van der Waals surface area contributed by atoms with Crippen LogP contribution in [0.4, 0.5) is 0 Å². The molecule has 2 rings (SSSR count). The summed E-state index contributed by atoms with van der Waals surface area (Å²) in [5.41, 5.74) is 7.23. The topological polar surface area (TPSA) is 29.3 Å². The second kappa shape index (κ2) is 5.75. The van der Waals surface area contributed by atoms with Gasteiger partial charge in [0.25, 0.3) is 0 Å². The highest BCUT2D eigenvalue weighted by molar-refractivity contribution is 7.80. The first-order chi connectivity index (χ1) is 7.77. The highest BCUT2D eigenvalue weighted by Gasteiger charge is 2.23. The first-order valence-corrected chi connectivity index (χ1v) is 7.17. The molecule has 0 bridgehead atoms. The fourth-order valence-corrected chi connectivity index (χ4v) is 3.26. The van der Waals surface area contributed by atoms with Gasteiger partial charge in [0, 0.05) is 6.54 Å². The van der Waals surface area contributed by atoms with Crippen molar-refractivity contribution in [3.63, 3.8) is 0 Å². The number of thiocarbonyl (C=S) groups is 1. The molecule has 1 aliphatic heterocycles. The van der Waals surface area contributed by atoms with E-state index in [9.17, 15) is 0 Å². The molecule has 1 aliphatic rings. The maximum Gasteiger partial charge on any atom is 0.0902 e. The monoisotopic (exact) mass is 254 g/mol. The van der Waals surface area contributed by atoms with Gasteiger partial charge < -0.3 is 5.73 Å². The lowest BCUT2D eigenvalue weighted by Crippen LogP contribution is -2.47. The molecule has 0 radical (unpaired) electrons. The van der Waals surface area contributed by atoms with E-state index in [2.05, 4.69) is 21.7 Å². The quantitative estimate of drug-likeness (QED) is 0.837. The molecule has 1 atom stereocenters. The zero-order chi connectivity index (χ0) is 11.4. The predicted molar refractivity (Wildman–Crippen MR) is 74.0 cm³/mol. The lowest BCUT2D eigenvalue weighted by Gasteiger charge is -2.34.